The Morgan fingerprint density at radius 2 is 1.51 bits per heavy atom. The van der Waals surface area contributed by atoms with E-state index >= 15 is 0 Å². The van der Waals surface area contributed by atoms with E-state index in [1.165, 1.54) is 16.7 Å². The van der Waals surface area contributed by atoms with Gasteiger partial charge in [0.2, 0.25) is 0 Å². The van der Waals surface area contributed by atoms with E-state index in [2.05, 4.69) is 58.3 Å². The molecule has 210 valence electrons. The lowest BCUT2D eigenvalue weighted by Gasteiger charge is -2.32. The number of halogens is 4. The summed E-state index contributed by atoms with van der Waals surface area (Å²) >= 11 is 12.7. The van der Waals surface area contributed by atoms with Gasteiger partial charge in [0.15, 0.2) is 5.78 Å². The van der Waals surface area contributed by atoms with Crippen molar-refractivity contribution in [3.63, 3.8) is 0 Å². The fourth-order valence-corrected chi connectivity index (χ4v) is 6.32. The molecule has 3 nitrogen and oxygen atoms in total. The van der Waals surface area contributed by atoms with E-state index in [1.807, 2.05) is 18.2 Å². The molecule has 0 N–H and O–H groups in total. The van der Waals surface area contributed by atoms with Gasteiger partial charge in [-0.3, -0.25) is 14.6 Å². The Labute approximate surface area is 255 Å². The van der Waals surface area contributed by atoms with Crippen LogP contribution in [-0.2, 0) is 26.1 Å². The van der Waals surface area contributed by atoms with Gasteiger partial charge in [-0.25, -0.2) is 0 Å². The van der Waals surface area contributed by atoms with E-state index in [9.17, 15) is 4.79 Å². The third kappa shape index (κ3) is 8.70. The largest absolute Gasteiger partial charge is 0.299 e. The maximum atomic E-state index is 13.2. The van der Waals surface area contributed by atoms with Crippen LogP contribution in [0, 0.1) is 5.92 Å². The molecule has 5 rings (SSSR count). The summed E-state index contributed by atoms with van der Waals surface area (Å²) in [6.07, 6.45) is 6.09. The first-order chi connectivity index (χ1) is 18.0. The predicted octanol–water partition coefficient (Wildman–Crippen LogP) is 8.66. The lowest BCUT2D eigenvalue weighted by Crippen LogP contribution is -2.33. The van der Waals surface area contributed by atoms with E-state index in [-0.39, 0.29) is 30.6 Å². The molecule has 0 aromatic heterocycles. The van der Waals surface area contributed by atoms with E-state index in [1.54, 1.807) is 0 Å². The van der Waals surface area contributed by atoms with Crippen LogP contribution in [0.15, 0.2) is 66.7 Å². The van der Waals surface area contributed by atoms with E-state index in [4.69, 9.17) is 23.2 Å². The van der Waals surface area contributed by atoms with E-state index in [0.29, 0.717) is 12.3 Å². The van der Waals surface area contributed by atoms with Gasteiger partial charge in [0.1, 0.15) is 0 Å². The predicted molar refractivity (Wildman–Crippen MR) is 168 cm³/mol. The average molecular weight is 608 g/mol. The van der Waals surface area contributed by atoms with E-state index < -0.39 is 0 Å². The number of ketones is 1. The Morgan fingerprint density at radius 3 is 2.23 bits per heavy atom. The zero-order valence-electron chi connectivity index (χ0n) is 22.3. The monoisotopic (exact) mass is 606 g/mol. The molecule has 0 amide bonds. The topological polar surface area (TPSA) is 23.6 Å². The lowest BCUT2D eigenvalue weighted by atomic mass is 9.89. The molecule has 2 aliphatic heterocycles. The van der Waals surface area contributed by atoms with Gasteiger partial charge < -0.3 is 0 Å². The highest BCUT2D eigenvalue weighted by molar-refractivity contribution is 6.35. The van der Waals surface area contributed by atoms with Crippen molar-refractivity contribution in [3.05, 3.63) is 105 Å². The standard InChI is InChI=1S/C32H36Cl2N2O.2ClH/c33-30-9-4-10-31(34)29(30)23-35-18-15-24(16-19-35)11-14-32(37)27-13-12-26-8-5-17-36(22-28(26)20-27)21-25-6-2-1-3-7-25;;/h1-4,6-7,9-10,12-13,20,24H,5,8,11,14-19,21-23H2;2*1H. The number of carbonyl (C=O) groups excluding carboxylic acids is 1. The number of rotatable bonds is 8. The molecule has 0 saturated carbocycles. The minimum absolute atomic E-state index is 0. The van der Waals surface area contributed by atoms with Crippen molar-refractivity contribution in [1.82, 2.24) is 9.80 Å². The molecule has 0 bridgehead atoms. The second-order valence-corrected chi connectivity index (χ2v) is 11.5. The van der Waals surface area contributed by atoms with Gasteiger partial charge >= 0.3 is 0 Å². The number of carbonyl (C=O) groups is 1. The average Bonchev–Trinajstić information content (AvgIpc) is 3.12. The van der Waals surface area contributed by atoms with Gasteiger partial charge in [-0.1, -0.05) is 71.7 Å². The van der Waals surface area contributed by atoms with Crippen LogP contribution >= 0.6 is 48.0 Å². The van der Waals surface area contributed by atoms with Gasteiger partial charge in [-0.05, 0) is 92.5 Å². The van der Waals surface area contributed by atoms with Crippen molar-refractivity contribution < 1.29 is 4.79 Å². The minimum Gasteiger partial charge on any atom is -0.299 e. The highest BCUT2D eigenvalue weighted by Gasteiger charge is 2.22. The SMILES string of the molecule is Cl.Cl.O=C(CCC1CCN(Cc2c(Cl)cccc2Cl)CC1)c1ccc2c(c1)CN(Cc1ccccc1)CCC2. The molecular weight excluding hydrogens is 570 g/mol. The molecule has 0 radical (unpaired) electrons. The summed E-state index contributed by atoms with van der Waals surface area (Å²) in [5.74, 6) is 0.885. The number of piperidine rings is 1. The summed E-state index contributed by atoms with van der Waals surface area (Å²) in [4.78, 5) is 18.1. The molecule has 3 aromatic rings. The van der Waals surface area contributed by atoms with Crippen molar-refractivity contribution in [2.24, 2.45) is 5.92 Å². The number of aryl methyl sites for hydroxylation is 1. The number of hydrogen-bond acceptors (Lipinski definition) is 3. The summed E-state index contributed by atoms with van der Waals surface area (Å²) in [7, 11) is 0. The van der Waals surface area contributed by atoms with Crippen LogP contribution in [0.2, 0.25) is 10.0 Å². The van der Waals surface area contributed by atoms with Crippen LogP contribution in [0.3, 0.4) is 0 Å². The smallest absolute Gasteiger partial charge is 0.162 e. The lowest BCUT2D eigenvalue weighted by molar-refractivity contribution is 0.0961. The molecular formula is C32H38Cl4N2O. The highest BCUT2D eigenvalue weighted by atomic mass is 35.5. The molecule has 0 unspecified atom stereocenters. The first-order valence-electron chi connectivity index (χ1n) is 13.6. The number of Topliss-reactive ketones (excluding diaryl/α,β-unsaturated/α-hetero) is 1. The Bertz CT molecular complexity index is 1190. The van der Waals surface area contributed by atoms with Gasteiger partial charge in [0, 0.05) is 47.2 Å². The number of benzene rings is 3. The van der Waals surface area contributed by atoms with Crippen molar-refractivity contribution in [1.29, 1.82) is 0 Å². The van der Waals surface area contributed by atoms with Gasteiger partial charge in [-0.2, -0.15) is 0 Å². The van der Waals surface area contributed by atoms with Crippen molar-refractivity contribution in [2.75, 3.05) is 19.6 Å². The maximum absolute atomic E-state index is 13.2. The van der Waals surface area contributed by atoms with Crippen molar-refractivity contribution in [3.8, 4) is 0 Å². The summed E-state index contributed by atoms with van der Waals surface area (Å²) in [5.41, 5.74) is 5.97. The second-order valence-electron chi connectivity index (χ2n) is 10.7. The van der Waals surface area contributed by atoms with Crippen LogP contribution < -0.4 is 0 Å². The molecule has 1 fully saturated rings. The Balaban J connectivity index is 0.00000210. The van der Waals surface area contributed by atoms with Gasteiger partial charge in [-0.15, -0.1) is 24.8 Å². The quantitative estimate of drug-likeness (QED) is 0.239. The van der Waals surface area contributed by atoms with Crippen LogP contribution in [0.1, 0.15) is 64.7 Å². The van der Waals surface area contributed by atoms with Crippen LogP contribution in [0.4, 0.5) is 0 Å². The van der Waals surface area contributed by atoms with Crippen molar-refractivity contribution >= 4 is 53.8 Å². The van der Waals surface area contributed by atoms with Crippen LogP contribution in [0.25, 0.3) is 0 Å². The maximum Gasteiger partial charge on any atom is 0.162 e. The summed E-state index contributed by atoms with van der Waals surface area (Å²) in [5, 5.41) is 1.48. The number of nitrogens with zero attached hydrogens (tertiary/aromatic N) is 2. The Morgan fingerprint density at radius 1 is 0.795 bits per heavy atom. The van der Waals surface area contributed by atoms with E-state index in [0.717, 1.165) is 92.5 Å². The highest BCUT2D eigenvalue weighted by Crippen LogP contribution is 2.29. The molecule has 3 aromatic carbocycles. The van der Waals surface area contributed by atoms with Crippen LogP contribution in [-0.4, -0.2) is 35.2 Å². The summed E-state index contributed by atoms with van der Waals surface area (Å²) in [6, 6.07) is 22.8. The third-order valence-electron chi connectivity index (χ3n) is 8.02. The number of fused-ring (bicyclic) bond motifs is 1. The Hall–Kier alpha value is -1.59. The molecule has 7 heteroatoms. The number of likely N-dealkylation sites (tertiary alicyclic amines) is 1. The third-order valence-corrected chi connectivity index (χ3v) is 8.73. The summed E-state index contributed by atoms with van der Waals surface area (Å²) in [6.45, 7) is 5.81. The Kier molecular flexibility index (Phi) is 12.6. The molecule has 39 heavy (non-hydrogen) atoms. The molecule has 0 spiro atoms. The molecule has 0 atom stereocenters. The molecule has 2 aliphatic rings. The first-order valence-corrected chi connectivity index (χ1v) is 14.4. The van der Waals surface area contributed by atoms with Gasteiger partial charge in [0.25, 0.3) is 0 Å². The zero-order valence-corrected chi connectivity index (χ0v) is 25.4. The van der Waals surface area contributed by atoms with Crippen LogP contribution in [0.5, 0.6) is 0 Å². The first kappa shape index (κ1) is 31.9. The molecule has 2 heterocycles. The number of hydrogen-bond donors (Lipinski definition) is 0. The fourth-order valence-electron chi connectivity index (χ4n) is 5.80. The molecule has 0 aliphatic carbocycles. The normalized spacial score (nSPS) is 16.5. The van der Waals surface area contributed by atoms with Gasteiger partial charge in [0.05, 0.1) is 0 Å². The fraction of sp³-hybridized carbons (Fsp3) is 0.406. The summed E-state index contributed by atoms with van der Waals surface area (Å²) < 4.78 is 0. The minimum atomic E-state index is 0. The zero-order chi connectivity index (χ0) is 25.6. The molecule has 1 saturated heterocycles. The second kappa shape index (κ2) is 15.4. The van der Waals surface area contributed by atoms with Crippen molar-refractivity contribution in [2.45, 2.75) is 58.2 Å².